The average molecular weight is 372 g/mol. The molecule has 4 nitrogen and oxygen atoms in total. The van der Waals surface area contributed by atoms with Gasteiger partial charge >= 0.3 is 0 Å². The first-order valence-corrected chi connectivity index (χ1v) is 8.85. The zero-order valence-corrected chi connectivity index (χ0v) is 14.9. The van der Waals surface area contributed by atoms with Crippen LogP contribution in [0.25, 0.3) is 10.8 Å². The molecule has 28 heavy (non-hydrogen) atoms. The number of amides is 1. The quantitative estimate of drug-likeness (QED) is 0.576. The lowest BCUT2D eigenvalue weighted by Crippen LogP contribution is -2.22. The summed E-state index contributed by atoms with van der Waals surface area (Å²) in [5.41, 5.74) is 1.14. The molecule has 0 unspecified atom stereocenters. The molecular formula is C23H17FN2O2. The number of rotatable bonds is 4. The zero-order valence-electron chi connectivity index (χ0n) is 14.9. The van der Waals surface area contributed by atoms with Crippen molar-refractivity contribution in [2.24, 2.45) is 0 Å². The predicted molar refractivity (Wildman–Crippen MR) is 108 cm³/mol. The highest BCUT2D eigenvalue weighted by molar-refractivity contribution is 6.04. The molecule has 1 amide bonds. The first-order valence-electron chi connectivity index (χ1n) is 8.85. The van der Waals surface area contributed by atoms with Crippen molar-refractivity contribution in [1.82, 2.24) is 4.57 Å². The molecule has 0 radical (unpaired) electrons. The lowest BCUT2D eigenvalue weighted by Gasteiger charge is -2.11. The van der Waals surface area contributed by atoms with E-state index >= 15 is 0 Å². The van der Waals surface area contributed by atoms with E-state index in [1.807, 2.05) is 42.5 Å². The summed E-state index contributed by atoms with van der Waals surface area (Å²) in [6.45, 7) is 0.334. The number of fused-ring (bicyclic) bond motifs is 1. The summed E-state index contributed by atoms with van der Waals surface area (Å²) in [6, 6.07) is 22.6. The fourth-order valence-corrected chi connectivity index (χ4v) is 3.16. The Bertz CT molecular complexity index is 1230. The van der Waals surface area contributed by atoms with Gasteiger partial charge < -0.3 is 9.88 Å². The van der Waals surface area contributed by atoms with Crippen molar-refractivity contribution in [3.63, 3.8) is 0 Å². The van der Waals surface area contributed by atoms with Crippen molar-refractivity contribution in [2.45, 2.75) is 6.54 Å². The van der Waals surface area contributed by atoms with Crippen LogP contribution in [0.1, 0.15) is 15.9 Å². The summed E-state index contributed by atoms with van der Waals surface area (Å²) in [6.07, 6.45) is 1.50. The Morgan fingerprint density at radius 3 is 2.50 bits per heavy atom. The van der Waals surface area contributed by atoms with Crippen molar-refractivity contribution in [3.8, 4) is 0 Å². The van der Waals surface area contributed by atoms with Gasteiger partial charge in [0, 0.05) is 12.3 Å². The molecule has 0 saturated carbocycles. The molecule has 3 aromatic carbocycles. The molecule has 0 bridgehead atoms. The van der Waals surface area contributed by atoms with E-state index in [1.165, 1.54) is 35.0 Å². The Hall–Kier alpha value is -3.73. The Morgan fingerprint density at radius 2 is 1.64 bits per heavy atom. The first-order chi connectivity index (χ1) is 13.6. The van der Waals surface area contributed by atoms with Crippen LogP contribution < -0.4 is 10.9 Å². The minimum atomic E-state index is -0.514. The minimum Gasteiger partial charge on any atom is -0.319 e. The highest BCUT2D eigenvalue weighted by Crippen LogP contribution is 2.19. The van der Waals surface area contributed by atoms with E-state index in [-0.39, 0.29) is 16.8 Å². The third kappa shape index (κ3) is 3.55. The maximum Gasteiger partial charge on any atom is 0.257 e. The number of hydrogen-bond donors (Lipinski definition) is 1. The molecule has 0 aliphatic rings. The van der Waals surface area contributed by atoms with Crippen LogP contribution in [-0.2, 0) is 6.54 Å². The number of aromatic nitrogens is 1. The number of carbonyl (C=O) groups excluding carboxylic acids is 1. The number of halogens is 1. The summed E-state index contributed by atoms with van der Waals surface area (Å²) in [7, 11) is 0. The Balaban J connectivity index is 1.65. The number of nitrogens with zero attached hydrogens (tertiary/aromatic N) is 1. The molecule has 1 N–H and O–H groups in total. The van der Waals surface area contributed by atoms with Gasteiger partial charge in [-0.3, -0.25) is 9.59 Å². The van der Waals surface area contributed by atoms with E-state index in [1.54, 1.807) is 12.1 Å². The monoisotopic (exact) mass is 372 g/mol. The van der Waals surface area contributed by atoms with Crippen LogP contribution in [0.15, 0.2) is 89.9 Å². The van der Waals surface area contributed by atoms with E-state index in [4.69, 9.17) is 0 Å². The van der Waals surface area contributed by atoms with Gasteiger partial charge in [0.2, 0.25) is 0 Å². The highest BCUT2D eigenvalue weighted by atomic mass is 19.1. The van der Waals surface area contributed by atoms with Gasteiger partial charge in [-0.05, 0) is 34.5 Å². The van der Waals surface area contributed by atoms with E-state index < -0.39 is 11.7 Å². The fourth-order valence-electron chi connectivity index (χ4n) is 3.16. The Morgan fingerprint density at radius 1 is 0.893 bits per heavy atom. The molecule has 1 heterocycles. The van der Waals surface area contributed by atoms with Crippen molar-refractivity contribution in [1.29, 1.82) is 0 Å². The van der Waals surface area contributed by atoms with Crippen LogP contribution in [0.4, 0.5) is 10.1 Å². The molecule has 0 spiro atoms. The van der Waals surface area contributed by atoms with Gasteiger partial charge in [0.15, 0.2) is 0 Å². The SMILES string of the molecule is O=C(Nc1ccccc1F)c1ccc(=O)n(Cc2cccc3ccccc23)c1. The molecule has 5 heteroatoms. The fraction of sp³-hybridized carbons (Fsp3) is 0.0435. The van der Waals surface area contributed by atoms with Crippen LogP contribution in [-0.4, -0.2) is 10.5 Å². The summed E-state index contributed by atoms with van der Waals surface area (Å²) in [4.78, 5) is 24.8. The van der Waals surface area contributed by atoms with Crippen LogP contribution in [0.5, 0.6) is 0 Å². The van der Waals surface area contributed by atoms with E-state index in [2.05, 4.69) is 5.32 Å². The number of pyridine rings is 1. The normalized spacial score (nSPS) is 10.8. The van der Waals surface area contributed by atoms with E-state index in [9.17, 15) is 14.0 Å². The molecule has 0 fully saturated rings. The van der Waals surface area contributed by atoms with Crippen LogP contribution in [0.3, 0.4) is 0 Å². The number of nitrogens with one attached hydrogen (secondary N) is 1. The molecule has 1 aromatic heterocycles. The number of anilines is 1. The van der Waals surface area contributed by atoms with Crippen molar-refractivity contribution >= 4 is 22.4 Å². The summed E-state index contributed by atoms with van der Waals surface area (Å²) in [5, 5.41) is 4.68. The third-order valence-electron chi connectivity index (χ3n) is 4.59. The standard InChI is InChI=1S/C23H17FN2O2/c24-20-10-3-4-11-21(20)25-23(28)18-12-13-22(27)26(15-18)14-17-8-5-7-16-6-1-2-9-19(16)17/h1-13,15H,14H2,(H,25,28). The summed E-state index contributed by atoms with van der Waals surface area (Å²) in [5.74, 6) is -0.989. The second-order valence-electron chi connectivity index (χ2n) is 6.46. The maximum atomic E-state index is 13.8. The lowest BCUT2D eigenvalue weighted by atomic mass is 10.0. The Labute approximate surface area is 160 Å². The zero-order chi connectivity index (χ0) is 19.5. The molecule has 0 aliphatic carbocycles. The number of hydrogen-bond acceptors (Lipinski definition) is 2. The van der Waals surface area contributed by atoms with Gasteiger partial charge in [-0.2, -0.15) is 0 Å². The van der Waals surface area contributed by atoms with Gasteiger partial charge in [-0.15, -0.1) is 0 Å². The molecule has 138 valence electrons. The highest BCUT2D eigenvalue weighted by Gasteiger charge is 2.11. The second-order valence-corrected chi connectivity index (χ2v) is 6.46. The van der Waals surface area contributed by atoms with Gasteiger partial charge in [0.05, 0.1) is 17.8 Å². The molecular weight excluding hydrogens is 355 g/mol. The van der Waals surface area contributed by atoms with Crippen molar-refractivity contribution in [2.75, 3.05) is 5.32 Å². The molecule has 0 aliphatic heterocycles. The number of benzene rings is 3. The molecule has 0 saturated heterocycles. The second kappa shape index (κ2) is 7.48. The molecule has 4 rings (SSSR count). The topological polar surface area (TPSA) is 51.1 Å². The largest absolute Gasteiger partial charge is 0.319 e. The van der Waals surface area contributed by atoms with Gasteiger partial charge in [0.25, 0.3) is 11.5 Å². The van der Waals surface area contributed by atoms with Crippen LogP contribution in [0, 0.1) is 5.82 Å². The smallest absolute Gasteiger partial charge is 0.257 e. The average Bonchev–Trinajstić information content (AvgIpc) is 2.71. The first kappa shape index (κ1) is 17.7. The van der Waals surface area contributed by atoms with Gasteiger partial charge in [-0.1, -0.05) is 54.6 Å². The summed E-state index contributed by atoms with van der Waals surface area (Å²) >= 11 is 0. The van der Waals surface area contributed by atoms with Crippen molar-refractivity contribution < 1.29 is 9.18 Å². The van der Waals surface area contributed by atoms with E-state index in [0.717, 1.165) is 16.3 Å². The number of carbonyl (C=O) groups is 1. The lowest BCUT2D eigenvalue weighted by molar-refractivity contribution is 0.102. The van der Waals surface area contributed by atoms with E-state index in [0.29, 0.717) is 6.54 Å². The molecule has 0 atom stereocenters. The van der Waals surface area contributed by atoms with Gasteiger partial charge in [0.1, 0.15) is 5.82 Å². The third-order valence-corrected chi connectivity index (χ3v) is 4.59. The predicted octanol–water partition coefficient (Wildman–Crippen LogP) is 4.44. The summed E-state index contributed by atoms with van der Waals surface area (Å²) < 4.78 is 15.3. The van der Waals surface area contributed by atoms with Crippen LogP contribution in [0.2, 0.25) is 0 Å². The molecule has 4 aromatic rings. The van der Waals surface area contributed by atoms with Crippen LogP contribution >= 0.6 is 0 Å². The number of para-hydroxylation sites is 1. The van der Waals surface area contributed by atoms with Gasteiger partial charge in [-0.25, -0.2) is 4.39 Å². The Kier molecular flexibility index (Phi) is 4.72. The van der Waals surface area contributed by atoms with Crippen molar-refractivity contribution in [3.05, 3.63) is 112 Å². The maximum absolute atomic E-state index is 13.8. The minimum absolute atomic E-state index is 0.0966.